The number of piperidine rings is 2. The molecule has 2 N–H and O–H groups in total. The van der Waals surface area contributed by atoms with Gasteiger partial charge in [0, 0.05) is 31.0 Å². The number of nitrogens with zero attached hydrogens (tertiary/aromatic N) is 1. The molecule has 2 aliphatic heterocycles. The minimum atomic E-state index is -0.548. The number of hydrogen-bond donors (Lipinski definition) is 2. The molecule has 0 saturated carbocycles. The maximum atomic E-state index is 14.3. The third kappa shape index (κ3) is 3.90. The number of nitrogens with one attached hydrogen (secondary N) is 1. The molecule has 2 fully saturated rings. The van der Waals surface area contributed by atoms with Crippen molar-refractivity contribution in [1.29, 1.82) is 0 Å². The Morgan fingerprint density at radius 3 is 2.75 bits per heavy atom. The van der Waals surface area contributed by atoms with E-state index in [0.717, 1.165) is 38.8 Å². The highest BCUT2D eigenvalue weighted by molar-refractivity contribution is 5.79. The number of aromatic hydroxyl groups is 1. The van der Waals surface area contributed by atoms with Crippen molar-refractivity contribution in [2.45, 2.75) is 37.6 Å². The van der Waals surface area contributed by atoms with Gasteiger partial charge < -0.3 is 15.3 Å². The van der Waals surface area contributed by atoms with E-state index in [9.17, 15) is 14.3 Å². The van der Waals surface area contributed by atoms with Crippen LogP contribution in [0.5, 0.6) is 5.75 Å². The molecule has 3 atom stereocenters. The summed E-state index contributed by atoms with van der Waals surface area (Å²) in [5, 5.41) is 13.2. The molecule has 2 aromatic carbocycles. The maximum Gasteiger partial charge on any atom is 0.225 e. The zero-order chi connectivity index (χ0) is 19.5. The predicted molar refractivity (Wildman–Crippen MR) is 107 cm³/mol. The van der Waals surface area contributed by atoms with Crippen LogP contribution in [-0.4, -0.2) is 35.5 Å². The second-order valence-corrected chi connectivity index (χ2v) is 7.94. The Balaban J connectivity index is 1.45. The standard InChI is InChI=1S/C23H27FN2O2/c24-22-19(9-4-10-21(22)27)18-8-5-13-26(15-18)23(28)17-11-12-25-20(14-17)16-6-2-1-3-7-16/h1-4,6-7,9-10,17-18,20,25,27H,5,8,11-15H2/t17-,18?,20+/m1/s1. The summed E-state index contributed by atoms with van der Waals surface area (Å²) < 4.78 is 14.3. The predicted octanol–water partition coefficient (Wildman–Crippen LogP) is 3.98. The number of carbonyl (C=O) groups excluding carboxylic acids is 1. The van der Waals surface area contributed by atoms with Crippen molar-refractivity contribution in [2.24, 2.45) is 5.92 Å². The van der Waals surface area contributed by atoms with E-state index in [4.69, 9.17) is 0 Å². The molecule has 0 spiro atoms. The number of phenolic OH excluding ortho intramolecular Hbond substituents is 1. The van der Waals surface area contributed by atoms with Crippen molar-refractivity contribution < 1.29 is 14.3 Å². The normalized spacial score (nSPS) is 25.5. The molecule has 0 bridgehead atoms. The van der Waals surface area contributed by atoms with Crippen LogP contribution in [0.1, 0.15) is 48.8 Å². The Labute approximate surface area is 165 Å². The third-order valence-corrected chi connectivity index (χ3v) is 6.14. The van der Waals surface area contributed by atoms with Crippen LogP contribution < -0.4 is 5.32 Å². The minimum Gasteiger partial charge on any atom is -0.505 e. The molecule has 4 rings (SSSR count). The number of halogens is 1. The molecule has 2 aliphatic rings. The summed E-state index contributed by atoms with van der Waals surface area (Å²) in [6.45, 7) is 2.09. The SMILES string of the molecule is O=C([C@@H]1CCN[C@H](c2ccccc2)C1)N1CCCC(c2cccc(O)c2F)C1. The number of benzene rings is 2. The summed E-state index contributed by atoms with van der Waals surface area (Å²) in [4.78, 5) is 15.1. The largest absolute Gasteiger partial charge is 0.505 e. The van der Waals surface area contributed by atoms with Gasteiger partial charge in [-0.1, -0.05) is 42.5 Å². The Kier molecular flexibility index (Phi) is 5.62. The minimum absolute atomic E-state index is 0.000714. The molecule has 2 saturated heterocycles. The second kappa shape index (κ2) is 8.31. The van der Waals surface area contributed by atoms with Crippen molar-refractivity contribution in [1.82, 2.24) is 10.2 Å². The average molecular weight is 382 g/mol. The fraction of sp³-hybridized carbons (Fsp3) is 0.435. The van der Waals surface area contributed by atoms with Crippen LogP contribution in [0.3, 0.4) is 0 Å². The Morgan fingerprint density at radius 1 is 1.11 bits per heavy atom. The first-order chi connectivity index (χ1) is 13.6. The highest BCUT2D eigenvalue weighted by atomic mass is 19.1. The van der Waals surface area contributed by atoms with Gasteiger partial charge in [0.1, 0.15) is 0 Å². The average Bonchev–Trinajstić information content (AvgIpc) is 2.76. The molecule has 1 unspecified atom stereocenters. The summed E-state index contributed by atoms with van der Waals surface area (Å²) in [6.07, 6.45) is 3.33. The van der Waals surface area contributed by atoms with Crippen molar-refractivity contribution in [3.05, 3.63) is 65.5 Å². The first-order valence-corrected chi connectivity index (χ1v) is 10.2. The molecule has 4 nitrogen and oxygen atoms in total. The van der Waals surface area contributed by atoms with E-state index >= 15 is 0 Å². The van der Waals surface area contributed by atoms with Crippen LogP contribution in [0.25, 0.3) is 0 Å². The lowest BCUT2D eigenvalue weighted by atomic mass is 9.85. The molecular weight excluding hydrogens is 355 g/mol. The fourth-order valence-corrected chi connectivity index (χ4v) is 4.62. The van der Waals surface area contributed by atoms with E-state index in [1.165, 1.54) is 11.6 Å². The number of carbonyl (C=O) groups is 1. The molecule has 1 amide bonds. The van der Waals surface area contributed by atoms with E-state index in [1.54, 1.807) is 12.1 Å². The van der Waals surface area contributed by atoms with Crippen molar-refractivity contribution in [3.8, 4) is 5.75 Å². The monoisotopic (exact) mass is 382 g/mol. The summed E-state index contributed by atoms with van der Waals surface area (Å²) in [6, 6.07) is 15.2. The van der Waals surface area contributed by atoms with Crippen molar-refractivity contribution >= 4 is 5.91 Å². The molecular formula is C23H27FN2O2. The molecule has 148 valence electrons. The van der Waals surface area contributed by atoms with Gasteiger partial charge in [-0.15, -0.1) is 0 Å². The van der Waals surface area contributed by atoms with Gasteiger partial charge in [-0.25, -0.2) is 4.39 Å². The van der Waals surface area contributed by atoms with Crippen LogP contribution in [0, 0.1) is 11.7 Å². The van der Waals surface area contributed by atoms with Gasteiger partial charge >= 0.3 is 0 Å². The van der Waals surface area contributed by atoms with E-state index in [2.05, 4.69) is 17.4 Å². The zero-order valence-corrected chi connectivity index (χ0v) is 16.0. The quantitative estimate of drug-likeness (QED) is 0.844. The highest BCUT2D eigenvalue weighted by Gasteiger charge is 2.34. The number of hydrogen-bond acceptors (Lipinski definition) is 3. The Hall–Kier alpha value is -2.40. The Bertz CT molecular complexity index is 827. The zero-order valence-electron chi connectivity index (χ0n) is 16.0. The fourth-order valence-electron chi connectivity index (χ4n) is 4.62. The summed E-state index contributed by atoms with van der Waals surface area (Å²) >= 11 is 0. The van der Waals surface area contributed by atoms with E-state index in [0.29, 0.717) is 12.1 Å². The van der Waals surface area contributed by atoms with E-state index in [-0.39, 0.29) is 29.5 Å². The van der Waals surface area contributed by atoms with Gasteiger partial charge in [0.25, 0.3) is 0 Å². The van der Waals surface area contributed by atoms with Crippen LogP contribution >= 0.6 is 0 Å². The van der Waals surface area contributed by atoms with Crippen LogP contribution in [0.2, 0.25) is 0 Å². The number of likely N-dealkylation sites (tertiary alicyclic amines) is 1. The Morgan fingerprint density at radius 2 is 1.93 bits per heavy atom. The molecule has 28 heavy (non-hydrogen) atoms. The smallest absolute Gasteiger partial charge is 0.225 e. The van der Waals surface area contributed by atoms with Gasteiger partial charge in [0.05, 0.1) is 0 Å². The highest BCUT2D eigenvalue weighted by Crippen LogP contribution is 2.34. The number of phenols is 1. The van der Waals surface area contributed by atoms with Gasteiger partial charge in [-0.2, -0.15) is 0 Å². The third-order valence-electron chi connectivity index (χ3n) is 6.14. The molecule has 2 heterocycles. The summed E-state index contributed by atoms with van der Waals surface area (Å²) in [5.74, 6) is -0.735. The van der Waals surface area contributed by atoms with E-state index < -0.39 is 5.82 Å². The first-order valence-electron chi connectivity index (χ1n) is 10.2. The molecule has 0 aliphatic carbocycles. The van der Waals surface area contributed by atoms with Crippen molar-refractivity contribution in [3.63, 3.8) is 0 Å². The topological polar surface area (TPSA) is 52.6 Å². The molecule has 2 aromatic rings. The van der Waals surface area contributed by atoms with Gasteiger partial charge in [-0.05, 0) is 49.4 Å². The molecule has 0 aromatic heterocycles. The summed E-state index contributed by atoms with van der Waals surface area (Å²) in [7, 11) is 0. The van der Waals surface area contributed by atoms with Crippen molar-refractivity contribution in [2.75, 3.05) is 19.6 Å². The van der Waals surface area contributed by atoms with Gasteiger partial charge in [-0.3, -0.25) is 4.79 Å². The first kappa shape index (κ1) is 18.9. The number of rotatable bonds is 3. The van der Waals surface area contributed by atoms with E-state index in [1.807, 2.05) is 23.1 Å². The van der Waals surface area contributed by atoms with Crippen LogP contribution in [0.15, 0.2) is 48.5 Å². The number of amides is 1. The van der Waals surface area contributed by atoms with Crippen LogP contribution in [-0.2, 0) is 4.79 Å². The van der Waals surface area contributed by atoms with Crippen LogP contribution in [0.4, 0.5) is 4.39 Å². The lowest BCUT2D eigenvalue weighted by Gasteiger charge is -2.38. The van der Waals surface area contributed by atoms with Gasteiger partial charge in [0.15, 0.2) is 11.6 Å². The maximum absolute atomic E-state index is 14.3. The summed E-state index contributed by atoms with van der Waals surface area (Å²) in [5.41, 5.74) is 1.74. The molecule has 5 heteroatoms. The second-order valence-electron chi connectivity index (χ2n) is 7.94. The molecule has 0 radical (unpaired) electrons. The lowest BCUT2D eigenvalue weighted by molar-refractivity contribution is -0.138. The van der Waals surface area contributed by atoms with Gasteiger partial charge in [0.2, 0.25) is 5.91 Å². The lowest BCUT2D eigenvalue weighted by Crippen LogP contribution is -2.45.